The van der Waals surface area contributed by atoms with Crippen molar-refractivity contribution in [2.24, 2.45) is 0 Å². The number of fused-ring (bicyclic) bond motifs is 1. The van der Waals surface area contributed by atoms with Crippen molar-refractivity contribution in [2.75, 3.05) is 6.61 Å². The lowest BCUT2D eigenvalue weighted by Gasteiger charge is -2.14. The van der Waals surface area contributed by atoms with Gasteiger partial charge in [-0.15, -0.1) is 0 Å². The molecular weight excluding hydrogens is 372 g/mol. The number of benzene rings is 2. The Morgan fingerprint density at radius 2 is 1.96 bits per heavy atom. The van der Waals surface area contributed by atoms with Gasteiger partial charge in [0.15, 0.2) is 0 Å². The van der Waals surface area contributed by atoms with Crippen molar-refractivity contribution in [3.8, 4) is 5.75 Å². The molecule has 1 unspecified atom stereocenters. The lowest BCUT2D eigenvalue weighted by atomic mass is 10.1. The topological polar surface area (TPSA) is 64.3 Å². The van der Waals surface area contributed by atoms with E-state index in [1.165, 1.54) is 4.68 Å². The molecule has 0 amide bonds. The van der Waals surface area contributed by atoms with Crippen LogP contribution < -0.4 is 10.3 Å². The largest absolute Gasteiger partial charge is 0.491 e. The fourth-order valence-corrected chi connectivity index (χ4v) is 2.91. The number of nitrogens with zero attached hydrogens (tertiary/aromatic N) is 2. The molecule has 3 aromatic rings. The highest BCUT2D eigenvalue weighted by atomic mass is 79.9. The molecule has 1 heterocycles. The van der Waals surface area contributed by atoms with E-state index < -0.39 is 6.10 Å². The number of rotatable bonds is 5. The number of aliphatic hydroxyl groups excluding tert-OH is 1. The van der Waals surface area contributed by atoms with Gasteiger partial charge in [-0.05, 0) is 31.2 Å². The van der Waals surface area contributed by atoms with Crippen LogP contribution >= 0.6 is 15.9 Å². The summed E-state index contributed by atoms with van der Waals surface area (Å²) in [5.74, 6) is 0.651. The quantitative estimate of drug-likeness (QED) is 0.729. The number of hydrogen-bond acceptors (Lipinski definition) is 4. The summed E-state index contributed by atoms with van der Waals surface area (Å²) in [6.45, 7) is 2.01. The summed E-state index contributed by atoms with van der Waals surface area (Å²) >= 11 is 3.37. The van der Waals surface area contributed by atoms with Crippen molar-refractivity contribution in [3.05, 3.63) is 69.1 Å². The summed E-state index contributed by atoms with van der Waals surface area (Å²) in [4.78, 5) is 12.5. The Bertz CT molecular complexity index is 924. The van der Waals surface area contributed by atoms with Gasteiger partial charge in [0.1, 0.15) is 18.5 Å². The van der Waals surface area contributed by atoms with Crippen LogP contribution in [0.5, 0.6) is 5.75 Å². The molecular formula is C18H17BrN2O3. The number of hydrogen-bond donors (Lipinski definition) is 1. The van der Waals surface area contributed by atoms with Crippen molar-refractivity contribution in [2.45, 2.75) is 19.6 Å². The fourth-order valence-electron chi connectivity index (χ4n) is 2.53. The number of aromatic nitrogens is 2. The van der Waals surface area contributed by atoms with Crippen molar-refractivity contribution in [1.29, 1.82) is 0 Å². The summed E-state index contributed by atoms with van der Waals surface area (Å²) in [7, 11) is 0. The molecule has 124 valence electrons. The van der Waals surface area contributed by atoms with Crippen LogP contribution in [-0.4, -0.2) is 27.6 Å². The molecule has 0 saturated heterocycles. The van der Waals surface area contributed by atoms with E-state index in [4.69, 9.17) is 4.74 Å². The average molecular weight is 389 g/mol. The van der Waals surface area contributed by atoms with Crippen LogP contribution in [0, 0.1) is 6.92 Å². The number of ether oxygens (including phenoxy) is 1. The Balaban J connectivity index is 1.75. The van der Waals surface area contributed by atoms with E-state index in [9.17, 15) is 9.90 Å². The molecule has 3 rings (SSSR count). The first-order valence-corrected chi connectivity index (χ1v) is 8.37. The molecule has 1 N–H and O–H groups in total. The molecule has 1 atom stereocenters. The maximum absolute atomic E-state index is 12.5. The van der Waals surface area contributed by atoms with Gasteiger partial charge in [-0.2, -0.15) is 5.10 Å². The lowest BCUT2D eigenvalue weighted by molar-refractivity contribution is 0.0880. The van der Waals surface area contributed by atoms with E-state index in [1.807, 2.05) is 49.4 Å². The van der Waals surface area contributed by atoms with Gasteiger partial charge in [-0.25, -0.2) is 4.68 Å². The summed E-state index contributed by atoms with van der Waals surface area (Å²) in [6, 6.07) is 14.7. The molecule has 6 heteroatoms. The minimum atomic E-state index is -0.838. The maximum Gasteiger partial charge on any atom is 0.274 e. The molecule has 0 aliphatic rings. The molecule has 5 nitrogen and oxygen atoms in total. The molecule has 0 saturated carbocycles. The lowest BCUT2D eigenvalue weighted by Crippen LogP contribution is -2.32. The third kappa shape index (κ3) is 3.66. The third-order valence-electron chi connectivity index (χ3n) is 3.67. The van der Waals surface area contributed by atoms with Gasteiger partial charge in [0, 0.05) is 9.86 Å². The van der Waals surface area contributed by atoms with E-state index in [0.717, 1.165) is 15.6 Å². The highest BCUT2D eigenvalue weighted by Crippen LogP contribution is 2.18. The highest BCUT2D eigenvalue weighted by Gasteiger charge is 2.12. The molecule has 0 aliphatic heterocycles. The third-order valence-corrected chi connectivity index (χ3v) is 4.17. The second kappa shape index (κ2) is 7.15. The number of aliphatic hydroxyl groups is 1. The van der Waals surface area contributed by atoms with Gasteiger partial charge < -0.3 is 9.84 Å². The zero-order valence-corrected chi connectivity index (χ0v) is 14.7. The van der Waals surface area contributed by atoms with Crippen molar-refractivity contribution >= 4 is 26.7 Å². The Kier molecular flexibility index (Phi) is 4.97. The fraction of sp³-hybridized carbons (Fsp3) is 0.222. The summed E-state index contributed by atoms with van der Waals surface area (Å²) in [6.07, 6.45) is -0.838. The second-order valence-electron chi connectivity index (χ2n) is 5.54. The van der Waals surface area contributed by atoms with E-state index in [0.29, 0.717) is 11.1 Å². The van der Waals surface area contributed by atoms with Gasteiger partial charge in [0.2, 0.25) is 0 Å². The zero-order valence-electron chi connectivity index (χ0n) is 13.1. The van der Waals surface area contributed by atoms with E-state index in [-0.39, 0.29) is 18.7 Å². The first-order chi connectivity index (χ1) is 11.5. The second-order valence-corrected chi connectivity index (χ2v) is 6.46. The predicted molar refractivity (Wildman–Crippen MR) is 96.4 cm³/mol. The van der Waals surface area contributed by atoms with Gasteiger partial charge in [-0.1, -0.05) is 40.2 Å². The van der Waals surface area contributed by atoms with Crippen molar-refractivity contribution in [1.82, 2.24) is 9.78 Å². The van der Waals surface area contributed by atoms with Crippen molar-refractivity contribution < 1.29 is 9.84 Å². The Labute approximate surface area is 147 Å². The summed E-state index contributed by atoms with van der Waals surface area (Å²) < 4.78 is 7.75. The molecule has 2 aromatic carbocycles. The molecule has 0 radical (unpaired) electrons. The van der Waals surface area contributed by atoms with Crippen molar-refractivity contribution in [3.63, 3.8) is 0 Å². The van der Waals surface area contributed by atoms with Gasteiger partial charge in [0.05, 0.1) is 17.6 Å². The Hall–Kier alpha value is -2.18. The minimum Gasteiger partial charge on any atom is -0.491 e. The standard InChI is InChI=1S/C18H17BrN2O3/c1-12-16-7-2-3-8-17(16)18(23)21(20-12)10-14(22)11-24-15-6-4-5-13(19)9-15/h2-9,14,22H,10-11H2,1H3. The first kappa shape index (κ1) is 16.7. The average Bonchev–Trinajstić information content (AvgIpc) is 2.58. The summed E-state index contributed by atoms with van der Waals surface area (Å²) in [5, 5.41) is 15.9. The SMILES string of the molecule is Cc1nn(CC(O)COc2cccc(Br)c2)c(=O)c2ccccc12. The highest BCUT2D eigenvalue weighted by molar-refractivity contribution is 9.10. The smallest absolute Gasteiger partial charge is 0.274 e. The van der Waals surface area contributed by atoms with Gasteiger partial charge >= 0.3 is 0 Å². The molecule has 0 aliphatic carbocycles. The van der Waals surface area contributed by atoms with E-state index in [2.05, 4.69) is 21.0 Å². The van der Waals surface area contributed by atoms with Crippen LogP contribution in [0.4, 0.5) is 0 Å². The molecule has 1 aromatic heterocycles. The molecule has 0 bridgehead atoms. The van der Waals surface area contributed by atoms with Gasteiger partial charge in [0.25, 0.3) is 5.56 Å². The van der Waals surface area contributed by atoms with E-state index >= 15 is 0 Å². The van der Waals surface area contributed by atoms with Gasteiger partial charge in [-0.3, -0.25) is 4.79 Å². The normalized spacial score (nSPS) is 12.3. The predicted octanol–water partition coefficient (Wildman–Crippen LogP) is 2.91. The Morgan fingerprint density at radius 3 is 2.71 bits per heavy atom. The molecule has 0 spiro atoms. The molecule has 24 heavy (non-hydrogen) atoms. The monoisotopic (exact) mass is 388 g/mol. The van der Waals surface area contributed by atoms with Crippen LogP contribution in [0.15, 0.2) is 57.8 Å². The van der Waals surface area contributed by atoms with Crippen LogP contribution in [-0.2, 0) is 6.54 Å². The van der Waals surface area contributed by atoms with Crippen LogP contribution in [0.25, 0.3) is 10.8 Å². The minimum absolute atomic E-state index is 0.0798. The van der Waals surface area contributed by atoms with Crippen LogP contribution in [0.3, 0.4) is 0 Å². The first-order valence-electron chi connectivity index (χ1n) is 7.57. The van der Waals surface area contributed by atoms with E-state index in [1.54, 1.807) is 6.07 Å². The Morgan fingerprint density at radius 1 is 1.21 bits per heavy atom. The summed E-state index contributed by atoms with van der Waals surface area (Å²) in [5.41, 5.74) is 0.544. The van der Waals surface area contributed by atoms with Crippen LogP contribution in [0.2, 0.25) is 0 Å². The van der Waals surface area contributed by atoms with Crippen LogP contribution in [0.1, 0.15) is 5.69 Å². The maximum atomic E-state index is 12.5. The zero-order chi connectivity index (χ0) is 17.1. The molecule has 0 fully saturated rings. The number of aryl methyl sites for hydroxylation is 1. The number of halogens is 1.